The molecule has 0 saturated heterocycles. The minimum Gasteiger partial charge on any atom is -0.480 e. The van der Waals surface area contributed by atoms with Gasteiger partial charge in [-0.25, -0.2) is 9.97 Å². The molecule has 7 heteroatoms. The molecule has 0 aliphatic rings. The summed E-state index contributed by atoms with van der Waals surface area (Å²) >= 11 is 0. The number of hydrogen-bond donors (Lipinski definition) is 3. The number of carbonyl (C=O) groups is 1. The highest BCUT2D eigenvalue weighted by atomic mass is 16.5. The van der Waals surface area contributed by atoms with Crippen molar-refractivity contribution in [3.8, 4) is 6.01 Å². The van der Waals surface area contributed by atoms with E-state index in [1.807, 2.05) is 30.5 Å². The van der Waals surface area contributed by atoms with Crippen molar-refractivity contribution in [3.63, 3.8) is 0 Å². The van der Waals surface area contributed by atoms with E-state index in [1.54, 1.807) is 12.4 Å². The van der Waals surface area contributed by atoms with Gasteiger partial charge >= 0.3 is 12.0 Å². The number of aromatic nitrogens is 3. The third-order valence-corrected chi connectivity index (χ3v) is 3.81. The lowest BCUT2D eigenvalue weighted by Gasteiger charge is -2.14. The first-order valence-corrected chi connectivity index (χ1v) is 7.53. The molecule has 1 atom stereocenters. The number of hydrogen-bond acceptors (Lipinski definition) is 5. The van der Waals surface area contributed by atoms with Crippen molar-refractivity contribution in [2.24, 2.45) is 0 Å². The zero-order valence-corrected chi connectivity index (χ0v) is 13.2. The Bertz CT molecular complexity index is 829. The van der Waals surface area contributed by atoms with Crippen LogP contribution in [0.4, 0.5) is 0 Å². The van der Waals surface area contributed by atoms with Crippen LogP contribution in [0.5, 0.6) is 6.01 Å². The van der Waals surface area contributed by atoms with Gasteiger partial charge in [0, 0.05) is 48.0 Å². The van der Waals surface area contributed by atoms with Crippen molar-refractivity contribution in [2.45, 2.75) is 19.0 Å². The van der Waals surface area contributed by atoms with Crippen LogP contribution < -0.4 is 10.1 Å². The molecule has 7 nitrogen and oxygen atoms in total. The summed E-state index contributed by atoms with van der Waals surface area (Å²) in [4.78, 5) is 22.7. The minimum atomic E-state index is -0.894. The SMILES string of the molecule is COc1ncc(CN[C@H](Cc2c[nH]c3ccccc23)C(=O)O)cn1. The van der Waals surface area contributed by atoms with Gasteiger partial charge < -0.3 is 14.8 Å². The summed E-state index contributed by atoms with van der Waals surface area (Å²) in [5.74, 6) is -0.894. The van der Waals surface area contributed by atoms with Gasteiger partial charge in [0.25, 0.3) is 0 Å². The number of rotatable bonds is 7. The summed E-state index contributed by atoms with van der Waals surface area (Å²) < 4.78 is 4.90. The molecule has 0 radical (unpaired) electrons. The lowest BCUT2D eigenvalue weighted by atomic mass is 10.0. The monoisotopic (exact) mass is 326 g/mol. The molecule has 3 rings (SSSR count). The van der Waals surface area contributed by atoms with E-state index >= 15 is 0 Å². The van der Waals surface area contributed by atoms with E-state index in [9.17, 15) is 9.90 Å². The van der Waals surface area contributed by atoms with E-state index in [1.165, 1.54) is 7.11 Å². The predicted octanol–water partition coefficient (Wildman–Crippen LogP) is 1.75. The molecule has 3 aromatic rings. The van der Waals surface area contributed by atoms with Crippen molar-refractivity contribution >= 4 is 16.9 Å². The molecule has 0 aliphatic carbocycles. The fourth-order valence-corrected chi connectivity index (χ4v) is 2.55. The molecule has 0 spiro atoms. The van der Waals surface area contributed by atoms with Crippen molar-refractivity contribution in [1.29, 1.82) is 0 Å². The van der Waals surface area contributed by atoms with E-state index in [0.29, 0.717) is 13.0 Å². The van der Waals surface area contributed by atoms with Gasteiger partial charge in [0.2, 0.25) is 0 Å². The van der Waals surface area contributed by atoms with Crippen molar-refractivity contribution < 1.29 is 14.6 Å². The Morgan fingerprint density at radius 1 is 1.33 bits per heavy atom. The third-order valence-electron chi connectivity index (χ3n) is 3.81. The highest BCUT2D eigenvalue weighted by Crippen LogP contribution is 2.19. The van der Waals surface area contributed by atoms with E-state index in [0.717, 1.165) is 22.0 Å². The summed E-state index contributed by atoms with van der Waals surface area (Å²) in [5.41, 5.74) is 2.76. The van der Waals surface area contributed by atoms with Crippen molar-refractivity contribution in [3.05, 3.63) is 54.0 Å². The Morgan fingerprint density at radius 3 is 2.79 bits per heavy atom. The van der Waals surface area contributed by atoms with Crippen LogP contribution in [-0.2, 0) is 17.8 Å². The van der Waals surface area contributed by atoms with Gasteiger partial charge in [-0.3, -0.25) is 10.1 Å². The molecule has 3 N–H and O–H groups in total. The number of nitrogens with zero attached hydrogens (tertiary/aromatic N) is 2. The van der Waals surface area contributed by atoms with E-state index in [4.69, 9.17) is 4.74 Å². The molecule has 0 amide bonds. The number of carboxylic acid groups (broad SMARTS) is 1. The summed E-state index contributed by atoms with van der Waals surface area (Å²) in [6.07, 6.45) is 5.47. The minimum absolute atomic E-state index is 0.285. The Hall–Kier alpha value is -2.93. The summed E-state index contributed by atoms with van der Waals surface area (Å²) in [6, 6.07) is 7.42. The zero-order chi connectivity index (χ0) is 16.9. The first-order valence-electron chi connectivity index (χ1n) is 7.53. The van der Waals surface area contributed by atoms with Crippen LogP contribution in [0.15, 0.2) is 42.9 Å². The van der Waals surface area contributed by atoms with Gasteiger partial charge in [0.05, 0.1) is 7.11 Å². The van der Waals surface area contributed by atoms with Gasteiger partial charge in [0.15, 0.2) is 0 Å². The molecule has 0 aliphatic heterocycles. The van der Waals surface area contributed by atoms with Crippen LogP contribution in [-0.4, -0.2) is 39.2 Å². The van der Waals surface area contributed by atoms with Crippen molar-refractivity contribution in [2.75, 3.05) is 7.11 Å². The number of ether oxygens (including phenoxy) is 1. The Morgan fingerprint density at radius 2 is 2.08 bits per heavy atom. The highest BCUT2D eigenvalue weighted by molar-refractivity contribution is 5.84. The molecule has 0 bridgehead atoms. The number of H-pyrrole nitrogens is 1. The molecule has 0 fully saturated rings. The van der Waals surface area contributed by atoms with Gasteiger partial charge in [-0.1, -0.05) is 18.2 Å². The molecular weight excluding hydrogens is 308 g/mol. The summed E-state index contributed by atoms with van der Waals surface area (Å²) in [7, 11) is 1.49. The van der Waals surface area contributed by atoms with E-state index in [-0.39, 0.29) is 6.01 Å². The topological polar surface area (TPSA) is 100 Å². The predicted molar refractivity (Wildman–Crippen MR) is 88.9 cm³/mol. The maximum atomic E-state index is 11.6. The first-order chi connectivity index (χ1) is 11.7. The second-order valence-corrected chi connectivity index (χ2v) is 5.41. The number of methoxy groups -OCH3 is 1. The molecule has 0 saturated carbocycles. The number of aliphatic carboxylic acids is 1. The number of para-hydroxylation sites is 1. The maximum absolute atomic E-state index is 11.6. The van der Waals surface area contributed by atoms with Crippen LogP contribution in [0.25, 0.3) is 10.9 Å². The van der Waals surface area contributed by atoms with Crippen LogP contribution in [0, 0.1) is 0 Å². The normalized spacial score (nSPS) is 12.2. The van der Waals surface area contributed by atoms with Crippen LogP contribution in [0.2, 0.25) is 0 Å². The van der Waals surface area contributed by atoms with Crippen molar-refractivity contribution in [1.82, 2.24) is 20.3 Å². The molecule has 1 aromatic carbocycles. The van der Waals surface area contributed by atoms with E-state index < -0.39 is 12.0 Å². The largest absolute Gasteiger partial charge is 0.480 e. The Balaban J connectivity index is 1.69. The molecular formula is C17H18N4O3. The van der Waals surface area contributed by atoms with Crippen LogP contribution in [0.1, 0.15) is 11.1 Å². The average molecular weight is 326 g/mol. The molecule has 2 heterocycles. The molecule has 0 unspecified atom stereocenters. The molecule has 2 aromatic heterocycles. The number of nitrogens with one attached hydrogen (secondary N) is 2. The average Bonchev–Trinajstić information content (AvgIpc) is 3.02. The van der Waals surface area contributed by atoms with Gasteiger partial charge in [-0.05, 0) is 11.6 Å². The molecule has 24 heavy (non-hydrogen) atoms. The maximum Gasteiger partial charge on any atom is 0.321 e. The lowest BCUT2D eigenvalue weighted by Crippen LogP contribution is -2.38. The number of fused-ring (bicyclic) bond motifs is 1. The van der Waals surface area contributed by atoms with Gasteiger partial charge in [-0.15, -0.1) is 0 Å². The van der Waals surface area contributed by atoms with E-state index in [2.05, 4.69) is 20.3 Å². The second kappa shape index (κ2) is 7.10. The fourth-order valence-electron chi connectivity index (χ4n) is 2.55. The number of aromatic amines is 1. The lowest BCUT2D eigenvalue weighted by molar-refractivity contribution is -0.139. The third kappa shape index (κ3) is 3.52. The smallest absolute Gasteiger partial charge is 0.321 e. The number of carboxylic acids is 1. The zero-order valence-electron chi connectivity index (χ0n) is 13.2. The first kappa shape index (κ1) is 15.9. The Labute approximate surface area is 138 Å². The summed E-state index contributed by atoms with van der Waals surface area (Å²) in [6.45, 7) is 0.364. The molecule has 124 valence electrons. The van der Waals surface area contributed by atoms with Gasteiger partial charge in [-0.2, -0.15) is 0 Å². The number of benzene rings is 1. The highest BCUT2D eigenvalue weighted by Gasteiger charge is 2.19. The quantitative estimate of drug-likeness (QED) is 0.612. The Kier molecular flexibility index (Phi) is 4.72. The van der Waals surface area contributed by atoms with Crippen LogP contribution >= 0.6 is 0 Å². The summed E-state index contributed by atoms with van der Waals surface area (Å²) in [5, 5.41) is 13.6. The van der Waals surface area contributed by atoms with Crippen LogP contribution in [0.3, 0.4) is 0 Å². The standard InChI is InChI=1S/C17H18N4O3/c1-24-17-20-8-11(9-21-17)7-18-15(16(22)23)6-12-10-19-14-5-3-2-4-13(12)14/h2-5,8-10,15,18-19H,6-7H2,1H3,(H,22,23)/t15-/m1/s1. The van der Waals surface area contributed by atoms with Gasteiger partial charge in [0.1, 0.15) is 6.04 Å². The second-order valence-electron chi connectivity index (χ2n) is 5.41. The fraction of sp³-hybridized carbons (Fsp3) is 0.235.